The van der Waals surface area contributed by atoms with Gasteiger partial charge in [0.05, 0.1) is 18.8 Å². The molecule has 0 aliphatic carbocycles. The third kappa shape index (κ3) is 6.61. The van der Waals surface area contributed by atoms with E-state index in [1.807, 2.05) is 30.3 Å². The number of aliphatic hydroxyl groups is 1. The summed E-state index contributed by atoms with van der Waals surface area (Å²) >= 11 is 12.1. The monoisotopic (exact) mass is 449 g/mol. The number of benzene rings is 2. The Morgan fingerprint density at radius 1 is 1.13 bits per heavy atom. The first-order chi connectivity index (χ1) is 14.6. The molecule has 3 N–H and O–H groups in total. The van der Waals surface area contributed by atoms with Crippen molar-refractivity contribution in [3.05, 3.63) is 63.6 Å². The maximum atomic E-state index is 9.52. The van der Waals surface area contributed by atoms with Crippen LogP contribution in [0.1, 0.15) is 36.8 Å². The van der Waals surface area contributed by atoms with Crippen LogP contribution in [0.25, 0.3) is 0 Å². The van der Waals surface area contributed by atoms with E-state index in [2.05, 4.69) is 10.2 Å². The Kier molecular flexibility index (Phi) is 8.82. The third-order valence-electron chi connectivity index (χ3n) is 5.42. The van der Waals surface area contributed by atoms with Crippen molar-refractivity contribution in [1.82, 2.24) is 4.90 Å². The Balaban J connectivity index is 1.53. The SMILES string of the molecule is N=C(OCCCN1CCCCC1CO)c1cc(Cl)ccc1NCc1ccc(Cl)cc1. The smallest absolute Gasteiger partial charge is 0.215 e. The van der Waals surface area contributed by atoms with Crippen LogP contribution < -0.4 is 5.32 Å². The van der Waals surface area contributed by atoms with Gasteiger partial charge in [0.2, 0.25) is 5.90 Å². The molecule has 0 aromatic heterocycles. The van der Waals surface area contributed by atoms with E-state index < -0.39 is 0 Å². The number of ether oxygens (including phenoxy) is 1. The summed E-state index contributed by atoms with van der Waals surface area (Å²) in [5, 5.41) is 22.5. The Morgan fingerprint density at radius 2 is 1.90 bits per heavy atom. The Hall–Kier alpha value is -1.79. The van der Waals surface area contributed by atoms with Crippen molar-refractivity contribution < 1.29 is 9.84 Å². The normalized spacial score (nSPS) is 17.0. The molecule has 30 heavy (non-hydrogen) atoms. The number of aliphatic hydroxyl groups excluding tert-OH is 1. The number of rotatable bonds is 9. The molecule has 7 heteroatoms. The highest BCUT2D eigenvalue weighted by Crippen LogP contribution is 2.23. The molecule has 1 heterocycles. The van der Waals surface area contributed by atoms with E-state index in [1.165, 1.54) is 12.8 Å². The van der Waals surface area contributed by atoms with Crippen LogP contribution >= 0.6 is 23.2 Å². The van der Waals surface area contributed by atoms with E-state index >= 15 is 0 Å². The minimum Gasteiger partial charge on any atom is -0.478 e. The number of nitrogens with one attached hydrogen (secondary N) is 2. The van der Waals surface area contributed by atoms with Gasteiger partial charge in [0, 0.05) is 34.9 Å². The number of hydrogen-bond donors (Lipinski definition) is 3. The molecule has 0 spiro atoms. The first-order valence-electron chi connectivity index (χ1n) is 10.4. The molecule has 2 aromatic carbocycles. The average molecular weight is 450 g/mol. The predicted molar refractivity (Wildman–Crippen MR) is 124 cm³/mol. The minimum atomic E-state index is 0.105. The zero-order valence-corrected chi connectivity index (χ0v) is 18.6. The highest BCUT2D eigenvalue weighted by atomic mass is 35.5. The molecule has 0 bridgehead atoms. The fourth-order valence-electron chi connectivity index (χ4n) is 3.74. The summed E-state index contributed by atoms with van der Waals surface area (Å²) < 4.78 is 5.73. The van der Waals surface area contributed by atoms with Gasteiger partial charge in [-0.15, -0.1) is 0 Å². The fraction of sp³-hybridized carbons (Fsp3) is 0.435. The molecule has 5 nitrogen and oxygen atoms in total. The molecule has 1 saturated heterocycles. The molecule has 2 aromatic rings. The van der Waals surface area contributed by atoms with E-state index in [0.29, 0.717) is 28.8 Å². The highest BCUT2D eigenvalue weighted by molar-refractivity contribution is 6.31. The molecular formula is C23H29Cl2N3O2. The summed E-state index contributed by atoms with van der Waals surface area (Å²) in [7, 11) is 0. The van der Waals surface area contributed by atoms with Crippen molar-refractivity contribution >= 4 is 34.8 Å². The van der Waals surface area contributed by atoms with E-state index in [1.54, 1.807) is 12.1 Å². The lowest BCUT2D eigenvalue weighted by Crippen LogP contribution is -2.42. The summed E-state index contributed by atoms with van der Waals surface area (Å²) in [6.45, 7) is 3.17. The predicted octanol–water partition coefficient (Wildman–Crippen LogP) is 5.18. The minimum absolute atomic E-state index is 0.105. The molecule has 1 unspecified atom stereocenters. The summed E-state index contributed by atoms with van der Waals surface area (Å²) in [6, 6.07) is 13.3. The molecule has 1 atom stereocenters. The van der Waals surface area contributed by atoms with Crippen LogP contribution in [0.4, 0.5) is 5.69 Å². The van der Waals surface area contributed by atoms with Crippen LogP contribution in [0.5, 0.6) is 0 Å². The van der Waals surface area contributed by atoms with Crippen LogP contribution in [0.3, 0.4) is 0 Å². The van der Waals surface area contributed by atoms with Gasteiger partial charge in [0.25, 0.3) is 0 Å². The second-order valence-corrected chi connectivity index (χ2v) is 8.44. The number of piperidine rings is 1. The van der Waals surface area contributed by atoms with E-state index in [9.17, 15) is 5.11 Å². The van der Waals surface area contributed by atoms with Crippen LogP contribution in [0.2, 0.25) is 10.0 Å². The molecule has 162 valence electrons. The number of hydrogen-bond acceptors (Lipinski definition) is 5. The van der Waals surface area contributed by atoms with Gasteiger partial charge in [0.15, 0.2) is 0 Å². The molecular weight excluding hydrogens is 421 g/mol. The van der Waals surface area contributed by atoms with Gasteiger partial charge in [-0.2, -0.15) is 0 Å². The third-order valence-corrected chi connectivity index (χ3v) is 5.91. The summed E-state index contributed by atoms with van der Waals surface area (Å²) in [4.78, 5) is 2.33. The summed E-state index contributed by atoms with van der Waals surface area (Å²) in [5.41, 5.74) is 2.53. The van der Waals surface area contributed by atoms with Gasteiger partial charge < -0.3 is 15.2 Å². The van der Waals surface area contributed by atoms with Gasteiger partial charge in [0.1, 0.15) is 0 Å². The first-order valence-corrected chi connectivity index (χ1v) is 11.2. The fourth-order valence-corrected chi connectivity index (χ4v) is 4.04. The number of halogens is 2. The van der Waals surface area contributed by atoms with E-state index in [-0.39, 0.29) is 18.5 Å². The van der Waals surface area contributed by atoms with Gasteiger partial charge in [-0.05, 0) is 61.7 Å². The highest BCUT2D eigenvalue weighted by Gasteiger charge is 2.21. The zero-order valence-electron chi connectivity index (χ0n) is 17.0. The van der Waals surface area contributed by atoms with Crippen LogP contribution in [0.15, 0.2) is 42.5 Å². The lowest BCUT2D eigenvalue weighted by atomic mass is 10.0. The Morgan fingerprint density at radius 3 is 2.67 bits per heavy atom. The van der Waals surface area contributed by atoms with Gasteiger partial charge in [-0.25, -0.2) is 0 Å². The zero-order chi connectivity index (χ0) is 21.3. The molecule has 3 rings (SSSR count). The van der Waals surface area contributed by atoms with Crippen LogP contribution in [-0.4, -0.2) is 48.2 Å². The molecule has 1 aliphatic rings. The van der Waals surface area contributed by atoms with E-state index in [4.69, 9.17) is 33.3 Å². The van der Waals surface area contributed by atoms with Crippen LogP contribution in [-0.2, 0) is 11.3 Å². The van der Waals surface area contributed by atoms with Gasteiger partial charge in [-0.3, -0.25) is 10.3 Å². The lowest BCUT2D eigenvalue weighted by Gasteiger charge is -2.34. The number of likely N-dealkylation sites (tertiary alicyclic amines) is 1. The Bertz CT molecular complexity index is 830. The maximum absolute atomic E-state index is 9.52. The lowest BCUT2D eigenvalue weighted by molar-refractivity contribution is 0.0846. The largest absolute Gasteiger partial charge is 0.478 e. The first kappa shape index (κ1) is 22.9. The van der Waals surface area contributed by atoms with Crippen molar-refractivity contribution in [2.45, 2.75) is 38.3 Å². The average Bonchev–Trinajstić information content (AvgIpc) is 2.77. The van der Waals surface area contributed by atoms with Crippen LogP contribution in [0, 0.1) is 5.41 Å². The molecule has 1 fully saturated rings. The number of anilines is 1. The maximum Gasteiger partial charge on any atom is 0.215 e. The standard InChI is InChI=1S/C23H29Cl2N3O2/c24-18-7-5-17(6-8-18)15-27-22-10-9-19(25)14-21(22)23(26)30-13-3-12-28-11-2-1-4-20(28)16-29/h5-10,14,20,26-27,29H,1-4,11-13,15-16H2. The molecule has 0 amide bonds. The second-order valence-electron chi connectivity index (χ2n) is 7.57. The van der Waals surface area contributed by atoms with Crippen molar-refractivity contribution in [3.63, 3.8) is 0 Å². The van der Waals surface area contributed by atoms with E-state index in [0.717, 1.165) is 37.2 Å². The van der Waals surface area contributed by atoms with Crippen molar-refractivity contribution in [3.8, 4) is 0 Å². The summed E-state index contributed by atoms with van der Waals surface area (Å²) in [6.07, 6.45) is 4.23. The second kappa shape index (κ2) is 11.6. The molecule has 1 aliphatic heterocycles. The topological polar surface area (TPSA) is 68.6 Å². The summed E-state index contributed by atoms with van der Waals surface area (Å²) in [5.74, 6) is 0.105. The van der Waals surface area contributed by atoms with Crippen molar-refractivity contribution in [2.75, 3.05) is 31.6 Å². The molecule has 0 saturated carbocycles. The number of nitrogens with zero attached hydrogens (tertiary/aromatic N) is 1. The van der Waals surface area contributed by atoms with Crippen molar-refractivity contribution in [1.29, 1.82) is 5.41 Å². The van der Waals surface area contributed by atoms with Gasteiger partial charge in [-0.1, -0.05) is 41.8 Å². The van der Waals surface area contributed by atoms with Crippen molar-refractivity contribution in [2.24, 2.45) is 0 Å². The molecule has 0 radical (unpaired) electrons. The quantitative estimate of drug-likeness (QED) is 0.280. The Labute approximate surface area is 188 Å². The van der Waals surface area contributed by atoms with Gasteiger partial charge >= 0.3 is 0 Å².